The zero-order chi connectivity index (χ0) is 15.0. The van der Waals surface area contributed by atoms with Crippen molar-refractivity contribution >= 4 is 11.9 Å². The number of rotatable bonds is 7. The van der Waals surface area contributed by atoms with Crippen LogP contribution in [0.5, 0.6) is 0 Å². The molecule has 0 aromatic carbocycles. The molecule has 1 aliphatic rings. The zero-order valence-corrected chi connectivity index (χ0v) is 13.0. The molecule has 116 valence electrons. The molecule has 1 amide bonds. The third kappa shape index (κ3) is 6.37. The molecule has 0 bridgehead atoms. The molecule has 1 saturated carbocycles. The van der Waals surface area contributed by atoms with Crippen molar-refractivity contribution in [3.63, 3.8) is 0 Å². The molecule has 0 aromatic rings. The Balaban J connectivity index is 2.39. The predicted octanol–water partition coefficient (Wildman–Crippen LogP) is 1.71. The standard InChI is InChI=1S/C15H28N2O3/c1-4-20-15(19)11-17(12(2)3)10-14(18)16-13-8-6-5-7-9-13/h12-13H,4-11H2,1-3H3,(H,16,18). The predicted molar refractivity (Wildman–Crippen MR) is 78.4 cm³/mol. The average molecular weight is 284 g/mol. The lowest BCUT2D eigenvalue weighted by atomic mass is 9.95. The molecule has 1 N–H and O–H groups in total. The first-order valence-corrected chi connectivity index (χ1v) is 7.72. The van der Waals surface area contributed by atoms with E-state index < -0.39 is 0 Å². The van der Waals surface area contributed by atoms with Crippen LogP contribution in [0.1, 0.15) is 52.9 Å². The van der Waals surface area contributed by atoms with E-state index in [4.69, 9.17) is 4.74 Å². The molecule has 0 atom stereocenters. The maximum atomic E-state index is 12.1. The Morgan fingerprint density at radius 1 is 1.20 bits per heavy atom. The molecular formula is C15H28N2O3. The summed E-state index contributed by atoms with van der Waals surface area (Å²) in [5, 5.41) is 3.08. The van der Waals surface area contributed by atoms with E-state index in [-0.39, 0.29) is 31.0 Å². The number of ether oxygens (including phenoxy) is 1. The highest BCUT2D eigenvalue weighted by Gasteiger charge is 2.20. The molecule has 0 aliphatic heterocycles. The quantitative estimate of drug-likeness (QED) is 0.723. The van der Waals surface area contributed by atoms with E-state index in [0.29, 0.717) is 12.6 Å². The lowest BCUT2D eigenvalue weighted by Gasteiger charge is -2.27. The summed E-state index contributed by atoms with van der Waals surface area (Å²) >= 11 is 0. The van der Waals surface area contributed by atoms with Gasteiger partial charge in [0.25, 0.3) is 0 Å². The minimum absolute atomic E-state index is 0.00917. The average Bonchev–Trinajstić information content (AvgIpc) is 2.39. The van der Waals surface area contributed by atoms with Crippen LogP contribution < -0.4 is 5.32 Å². The number of nitrogens with zero attached hydrogens (tertiary/aromatic N) is 1. The van der Waals surface area contributed by atoms with Gasteiger partial charge in [-0.1, -0.05) is 19.3 Å². The van der Waals surface area contributed by atoms with E-state index in [0.717, 1.165) is 12.8 Å². The van der Waals surface area contributed by atoms with Crippen LogP contribution in [-0.4, -0.2) is 48.6 Å². The van der Waals surface area contributed by atoms with Crippen molar-refractivity contribution in [1.29, 1.82) is 0 Å². The van der Waals surface area contributed by atoms with Gasteiger partial charge in [-0.15, -0.1) is 0 Å². The van der Waals surface area contributed by atoms with E-state index in [9.17, 15) is 9.59 Å². The van der Waals surface area contributed by atoms with Gasteiger partial charge in [-0.2, -0.15) is 0 Å². The lowest BCUT2D eigenvalue weighted by molar-refractivity contribution is -0.145. The van der Waals surface area contributed by atoms with Gasteiger partial charge in [0.15, 0.2) is 0 Å². The van der Waals surface area contributed by atoms with Gasteiger partial charge < -0.3 is 10.1 Å². The molecule has 1 fully saturated rings. The summed E-state index contributed by atoms with van der Waals surface area (Å²) in [5.74, 6) is -0.262. The number of esters is 1. The molecule has 0 heterocycles. The van der Waals surface area contributed by atoms with Crippen molar-refractivity contribution in [3.8, 4) is 0 Å². The largest absolute Gasteiger partial charge is 0.465 e. The van der Waals surface area contributed by atoms with Crippen molar-refractivity contribution in [2.24, 2.45) is 0 Å². The first-order valence-electron chi connectivity index (χ1n) is 7.72. The fourth-order valence-electron chi connectivity index (χ4n) is 2.50. The molecule has 0 spiro atoms. The second-order valence-corrected chi connectivity index (χ2v) is 5.71. The molecule has 1 aliphatic carbocycles. The first-order chi connectivity index (χ1) is 9.52. The molecule has 0 saturated heterocycles. The Morgan fingerprint density at radius 3 is 2.40 bits per heavy atom. The SMILES string of the molecule is CCOC(=O)CN(CC(=O)NC1CCCCC1)C(C)C. The van der Waals surface area contributed by atoms with Crippen molar-refractivity contribution < 1.29 is 14.3 Å². The maximum Gasteiger partial charge on any atom is 0.320 e. The molecular weight excluding hydrogens is 256 g/mol. The van der Waals surface area contributed by atoms with Gasteiger partial charge in [-0.05, 0) is 33.6 Å². The van der Waals surface area contributed by atoms with Gasteiger partial charge in [0.1, 0.15) is 0 Å². The summed E-state index contributed by atoms with van der Waals surface area (Å²) in [6.07, 6.45) is 5.81. The summed E-state index contributed by atoms with van der Waals surface area (Å²) in [7, 11) is 0. The van der Waals surface area contributed by atoms with Crippen LogP contribution >= 0.6 is 0 Å². The Hall–Kier alpha value is -1.10. The number of hydrogen-bond donors (Lipinski definition) is 1. The Kier molecular flexibility index (Phi) is 7.59. The van der Waals surface area contributed by atoms with Crippen molar-refractivity contribution in [3.05, 3.63) is 0 Å². The van der Waals surface area contributed by atoms with Gasteiger partial charge in [-0.25, -0.2) is 0 Å². The van der Waals surface area contributed by atoms with Crippen LogP contribution in [0.15, 0.2) is 0 Å². The Morgan fingerprint density at radius 2 is 1.85 bits per heavy atom. The van der Waals surface area contributed by atoms with E-state index in [1.54, 1.807) is 6.92 Å². The van der Waals surface area contributed by atoms with E-state index in [1.807, 2.05) is 18.7 Å². The summed E-state index contributed by atoms with van der Waals surface area (Å²) in [4.78, 5) is 25.4. The molecule has 5 nitrogen and oxygen atoms in total. The van der Waals surface area contributed by atoms with E-state index >= 15 is 0 Å². The van der Waals surface area contributed by atoms with Crippen LogP contribution in [0.2, 0.25) is 0 Å². The molecule has 20 heavy (non-hydrogen) atoms. The van der Waals surface area contributed by atoms with Gasteiger partial charge in [0, 0.05) is 12.1 Å². The molecule has 5 heteroatoms. The van der Waals surface area contributed by atoms with Crippen LogP contribution in [-0.2, 0) is 14.3 Å². The topological polar surface area (TPSA) is 58.6 Å². The van der Waals surface area contributed by atoms with Crippen LogP contribution in [0.25, 0.3) is 0 Å². The highest BCUT2D eigenvalue weighted by atomic mass is 16.5. The molecule has 1 rings (SSSR count). The summed E-state index contributed by atoms with van der Waals surface area (Å²) in [5.41, 5.74) is 0. The summed E-state index contributed by atoms with van der Waals surface area (Å²) in [6, 6.07) is 0.448. The Bertz CT molecular complexity index is 312. The molecule has 0 unspecified atom stereocenters. The second kappa shape index (κ2) is 8.95. The number of carbonyl (C=O) groups is 2. The zero-order valence-electron chi connectivity index (χ0n) is 13.0. The third-order valence-electron chi connectivity index (χ3n) is 3.68. The molecule has 0 radical (unpaired) electrons. The van der Waals surface area contributed by atoms with Gasteiger partial charge in [0.05, 0.1) is 19.7 Å². The number of amides is 1. The number of hydrogen-bond acceptors (Lipinski definition) is 4. The summed E-state index contributed by atoms with van der Waals surface area (Å²) < 4.78 is 4.94. The summed E-state index contributed by atoms with van der Waals surface area (Å²) in [6.45, 7) is 6.54. The highest BCUT2D eigenvalue weighted by molar-refractivity contribution is 5.79. The fraction of sp³-hybridized carbons (Fsp3) is 0.867. The normalized spacial score (nSPS) is 16.4. The van der Waals surface area contributed by atoms with Crippen LogP contribution in [0.3, 0.4) is 0 Å². The van der Waals surface area contributed by atoms with Crippen molar-refractivity contribution in [2.45, 2.75) is 65.0 Å². The van der Waals surface area contributed by atoms with Crippen molar-refractivity contribution in [1.82, 2.24) is 10.2 Å². The lowest BCUT2D eigenvalue weighted by Crippen LogP contribution is -2.46. The van der Waals surface area contributed by atoms with Gasteiger partial charge in [-0.3, -0.25) is 14.5 Å². The van der Waals surface area contributed by atoms with Crippen LogP contribution in [0.4, 0.5) is 0 Å². The minimum Gasteiger partial charge on any atom is -0.465 e. The molecule has 0 aromatic heterocycles. The third-order valence-corrected chi connectivity index (χ3v) is 3.68. The number of nitrogens with one attached hydrogen (secondary N) is 1. The minimum atomic E-state index is -0.272. The van der Waals surface area contributed by atoms with Gasteiger partial charge >= 0.3 is 5.97 Å². The maximum absolute atomic E-state index is 12.1. The fourth-order valence-corrected chi connectivity index (χ4v) is 2.50. The second-order valence-electron chi connectivity index (χ2n) is 5.71. The van der Waals surface area contributed by atoms with Gasteiger partial charge in [0.2, 0.25) is 5.91 Å². The Labute approximate surface area is 122 Å². The number of carbonyl (C=O) groups excluding carboxylic acids is 2. The first kappa shape index (κ1) is 17.0. The van der Waals surface area contributed by atoms with E-state index in [2.05, 4.69) is 5.32 Å². The van der Waals surface area contributed by atoms with Crippen LogP contribution in [0, 0.1) is 0 Å². The highest BCUT2D eigenvalue weighted by Crippen LogP contribution is 2.17. The van der Waals surface area contributed by atoms with E-state index in [1.165, 1.54) is 19.3 Å². The van der Waals surface area contributed by atoms with Crippen molar-refractivity contribution in [2.75, 3.05) is 19.7 Å². The monoisotopic (exact) mass is 284 g/mol. The smallest absolute Gasteiger partial charge is 0.320 e.